The second-order valence-electron chi connectivity index (χ2n) is 1.15. The fourth-order valence-electron chi connectivity index (χ4n) is 0.259. The van der Waals surface area contributed by atoms with Gasteiger partial charge in [0.15, 0.2) is 0 Å². The molecule has 0 atom stereocenters. The SMILES string of the molecule is C=CCC(=O)OC=C.[Zn]. The Labute approximate surface area is 67.3 Å². The molecule has 0 aliphatic heterocycles. The molecule has 0 fully saturated rings. The number of carbonyl (C=O) groups excluding carboxylic acids is 1. The van der Waals surface area contributed by atoms with Crippen molar-refractivity contribution in [2.75, 3.05) is 0 Å². The van der Waals surface area contributed by atoms with Gasteiger partial charge in [0.2, 0.25) is 0 Å². The van der Waals surface area contributed by atoms with E-state index in [1.54, 1.807) is 0 Å². The molecule has 0 aromatic heterocycles. The van der Waals surface area contributed by atoms with Gasteiger partial charge in [-0.2, -0.15) is 0 Å². The van der Waals surface area contributed by atoms with Gasteiger partial charge >= 0.3 is 5.97 Å². The summed E-state index contributed by atoms with van der Waals surface area (Å²) < 4.78 is 4.34. The van der Waals surface area contributed by atoms with Crippen LogP contribution < -0.4 is 0 Å². The Hall–Kier alpha value is -0.427. The molecule has 0 aliphatic rings. The third-order valence-electron chi connectivity index (χ3n) is 0.526. The molecule has 0 spiro atoms. The Balaban J connectivity index is 0. The molecule has 0 heterocycles. The predicted octanol–water partition coefficient (Wildman–Crippen LogP) is 1.25. The number of hydrogen-bond acceptors (Lipinski definition) is 2. The van der Waals surface area contributed by atoms with E-state index in [1.165, 1.54) is 6.08 Å². The topological polar surface area (TPSA) is 26.3 Å². The molecular weight excluding hydrogens is 169 g/mol. The smallest absolute Gasteiger partial charge is 0.314 e. The number of carbonyl (C=O) groups is 1. The van der Waals surface area contributed by atoms with E-state index in [4.69, 9.17) is 0 Å². The molecular formula is C6H8O2Zn. The van der Waals surface area contributed by atoms with Crippen LogP contribution in [0.2, 0.25) is 0 Å². The zero-order valence-electron chi connectivity index (χ0n) is 5.30. The summed E-state index contributed by atoms with van der Waals surface area (Å²) in [4.78, 5) is 10.3. The van der Waals surface area contributed by atoms with Crippen molar-refractivity contribution in [2.24, 2.45) is 0 Å². The van der Waals surface area contributed by atoms with Gasteiger partial charge in [0.05, 0.1) is 12.7 Å². The third-order valence-corrected chi connectivity index (χ3v) is 0.526. The van der Waals surface area contributed by atoms with E-state index in [-0.39, 0.29) is 31.9 Å². The molecule has 0 saturated heterocycles. The van der Waals surface area contributed by atoms with E-state index in [0.717, 1.165) is 6.26 Å². The van der Waals surface area contributed by atoms with E-state index in [2.05, 4.69) is 17.9 Å². The summed E-state index contributed by atoms with van der Waals surface area (Å²) in [5, 5.41) is 0. The van der Waals surface area contributed by atoms with E-state index >= 15 is 0 Å². The van der Waals surface area contributed by atoms with Crippen LogP contribution in [0.5, 0.6) is 0 Å². The Kier molecular flexibility index (Phi) is 9.58. The van der Waals surface area contributed by atoms with Gasteiger partial charge in [-0.1, -0.05) is 12.7 Å². The molecule has 0 aromatic carbocycles. The van der Waals surface area contributed by atoms with Crippen molar-refractivity contribution in [1.82, 2.24) is 0 Å². The maximum Gasteiger partial charge on any atom is 0.314 e. The largest absolute Gasteiger partial charge is 0.435 e. The summed E-state index contributed by atoms with van der Waals surface area (Å²) in [6.07, 6.45) is 2.82. The minimum atomic E-state index is -0.324. The van der Waals surface area contributed by atoms with Crippen molar-refractivity contribution in [3.05, 3.63) is 25.5 Å². The van der Waals surface area contributed by atoms with Gasteiger partial charge < -0.3 is 4.74 Å². The van der Waals surface area contributed by atoms with Crippen LogP contribution in [0.4, 0.5) is 0 Å². The van der Waals surface area contributed by atoms with Crippen molar-refractivity contribution in [2.45, 2.75) is 6.42 Å². The number of rotatable bonds is 3. The molecule has 0 amide bonds. The van der Waals surface area contributed by atoms with Crippen LogP contribution in [-0.4, -0.2) is 5.97 Å². The van der Waals surface area contributed by atoms with Crippen LogP contribution >= 0.6 is 0 Å². The van der Waals surface area contributed by atoms with Gasteiger partial charge in [-0.25, -0.2) is 0 Å². The Bertz CT molecular complexity index is 97.6. The second-order valence-corrected chi connectivity index (χ2v) is 1.15. The summed E-state index contributed by atoms with van der Waals surface area (Å²) in [6.45, 7) is 6.55. The first-order valence-electron chi connectivity index (χ1n) is 2.22. The van der Waals surface area contributed by atoms with E-state index in [0.29, 0.717) is 0 Å². The number of ether oxygens (including phenoxy) is 1. The van der Waals surface area contributed by atoms with Crippen molar-refractivity contribution < 1.29 is 29.0 Å². The maximum atomic E-state index is 10.3. The summed E-state index contributed by atoms with van der Waals surface area (Å²) >= 11 is 0. The van der Waals surface area contributed by atoms with Crippen molar-refractivity contribution in [3.63, 3.8) is 0 Å². The fourth-order valence-corrected chi connectivity index (χ4v) is 0.259. The molecule has 0 unspecified atom stereocenters. The molecule has 3 heteroatoms. The zero-order valence-corrected chi connectivity index (χ0v) is 8.27. The maximum absolute atomic E-state index is 10.3. The van der Waals surface area contributed by atoms with Crippen LogP contribution in [0, 0.1) is 0 Å². The van der Waals surface area contributed by atoms with Gasteiger partial charge in [0.1, 0.15) is 0 Å². The van der Waals surface area contributed by atoms with E-state index in [1.807, 2.05) is 0 Å². The average molecular weight is 178 g/mol. The fraction of sp³-hybridized carbons (Fsp3) is 0.167. The van der Waals surface area contributed by atoms with Crippen LogP contribution in [0.3, 0.4) is 0 Å². The molecule has 0 radical (unpaired) electrons. The monoisotopic (exact) mass is 176 g/mol. The normalized spacial score (nSPS) is 6.67. The Morgan fingerprint density at radius 1 is 1.56 bits per heavy atom. The first kappa shape index (κ1) is 11.4. The second kappa shape index (κ2) is 7.57. The van der Waals surface area contributed by atoms with Crippen LogP contribution in [-0.2, 0) is 29.0 Å². The zero-order chi connectivity index (χ0) is 6.41. The molecule has 0 N–H and O–H groups in total. The first-order valence-corrected chi connectivity index (χ1v) is 2.22. The van der Waals surface area contributed by atoms with Crippen molar-refractivity contribution in [1.29, 1.82) is 0 Å². The van der Waals surface area contributed by atoms with Crippen LogP contribution in [0.25, 0.3) is 0 Å². The summed E-state index contributed by atoms with van der Waals surface area (Å²) in [7, 11) is 0. The predicted molar refractivity (Wildman–Crippen MR) is 31.1 cm³/mol. The standard InChI is InChI=1S/C6H8O2.Zn/c1-3-5-6(7)8-4-2;/h3-4H,1-2,5H2;. The minimum Gasteiger partial charge on any atom is -0.435 e. The van der Waals surface area contributed by atoms with Gasteiger partial charge in [0.25, 0.3) is 0 Å². The van der Waals surface area contributed by atoms with Crippen molar-refractivity contribution >= 4 is 5.97 Å². The van der Waals surface area contributed by atoms with Gasteiger partial charge in [-0.3, -0.25) is 4.79 Å². The van der Waals surface area contributed by atoms with Crippen LogP contribution in [0.1, 0.15) is 6.42 Å². The molecule has 46 valence electrons. The van der Waals surface area contributed by atoms with Crippen LogP contribution in [0.15, 0.2) is 25.5 Å². The van der Waals surface area contributed by atoms with E-state index in [9.17, 15) is 4.79 Å². The number of esters is 1. The Morgan fingerprint density at radius 3 is 2.44 bits per heavy atom. The molecule has 0 aromatic rings. The van der Waals surface area contributed by atoms with Gasteiger partial charge in [-0.15, -0.1) is 6.58 Å². The minimum absolute atomic E-state index is 0. The summed E-state index contributed by atoms with van der Waals surface area (Å²) in [6, 6.07) is 0. The summed E-state index contributed by atoms with van der Waals surface area (Å²) in [5.74, 6) is -0.324. The van der Waals surface area contributed by atoms with E-state index < -0.39 is 0 Å². The average Bonchev–Trinajstić information content (AvgIpc) is 1.68. The molecule has 9 heavy (non-hydrogen) atoms. The third kappa shape index (κ3) is 7.57. The molecule has 0 saturated carbocycles. The first-order chi connectivity index (χ1) is 3.81. The molecule has 2 nitrogen and oxygen atoms in total. The van der Waals surface area contributed by atoms with Crippen molar-refractivity contribution in [3.8, 4) is 0 Å². The summed E-state index contributed by atoms with van der Waals surface area (Å²) in [5.41, 5.74) is 0. The molecule has 0 aliphatic carbocycles. The quantitative estimate of drug-likeness (QED) is 0.281. The van der Waals surface area contributed by atoms with Gasteiger partial charge in [-0.05, 0) is 0 Å². The number of hydrogen-bond donors (Lipinski definition) is 0. The Morgan fingerprint density at radius 2 is 2.11 bits per heavy atom. The molecule has 0 rings (SSSR count). The molecule has 0 bridgehead atoms. The van der Waals surface area contributed by atoms with Gasteiger partial charge in [0, 0.05) is 19.5 Å².